The summed E-state index contributed by atoms with van der Waals surface area (Å²) in [4.78, 5) is 32.9. The predicted octanol–water partition coefficient (Wildman–Crippen LogP) is 3.57. The number of nitrogens with one attached hydrogen (secondary N) is 2. The average Bonchev–Trinajstić information content (AvgIpc) is 3.16. The summed E-state index contributed by atoms with van der Waals surface area (Å²) in [6, 6.07) is -0.239. The molecule has 0 radical (unpaired) electrons. The lowest BCUT2D eigenvalue weighted by atomic mass is 9.96. The van der Waals surface area contributed by atoms with Crippen LogP contribution < -0.4 is 10.6 Å². The first-order valence-electron chi connectivity index (χ1n) is 7.65. The van der Waals surface area contributed by atoms with Gasteiger partial charge in [-0.3, -0.25) is 9.59 Å². The van der Waals surface area contributed by atoms with Crippen molar-refractivity contribution in [2.45, 2.75) is 46.6 Å². The zero-order chi connectivity index (χ0) is 17.9. The molecule has 0 saturated heterocycles. The number of hydrogen-bond donors (Lipinski definition) is 2. The molecule has 2 aromatic heterocycles. The molecule has 24 heavy (non-hydrogen) atoms. The second-order valence-corrected chi connectivity index (χ2v) is 8.39. The first-order chi connectivity index (χ1) is 11.2. The molecule has 0 saturated carbocycles. The number of amides is 2. The molecule has 0 bridgehead atoms. The minimum absolute atomic E-state index is 0.0857. The van der Waals surface area contributed by atoms with Gasteiger partial charge in [-0.25, -0.2) is 9.97 Å². The number of rotatable bonds is 5. The SMILES string of the molecule is CC(NC(=O)C(C)c1nccs1)c1csc(NC(=O)C(C)(C)C)n1. The molecule has 0 fully saturated rings. The van der Waals surface area contributed by atoms with Gasteiger partial charge in [0.15, 0.2) is 5.13 Å². The first kappa shape index (κ1) is 18.5. The van der Waals surface area contributed by atoms with Crippen LogP contribution in [0.3, 0.4) is 0 Å². The molecule has 0 aliphatic carbocycles. The highest BCUT2D eigenvalue weighted by Gasteiger charge is 2.24. The normalized spacial score (nSPS) is 14.0. The number of thiazole rings is 2. The highest BCUT2D eigenvalue weighted by molar-refractivity contribution is 7.14. The predicted molar refractivity (Wildman–Crippen MR) is 97.3 cm³/mol. The third-order valence-electron chi connectivity index (χ3n) is 3.44. The number of nitrogens with zero attached hydrogens (tertiary/aromatic N) is 2. The van der Waals surface area contributed by atoms with Gasteiger partial charge in [-0.05, 0) is 13.8 Å². The van der Waals surface area contributed by atoms with Crippen LogP contribution in [0.5, 0.6) is 0 Å². The Hall–Kier alpha value is -1.80. The molecule has 2 rings (SSSR count). The fraction of sp³-hybridized carbons (Fsp3) is 0.500. The molecule has 8 heteroatoms. The van der Waals surface area contributed by atoms with E-state index in [0.717, 1.165) is 10.7 Å². The maximum atomic E-state index is 12.3. The van der Waals surface area contributed by atoms with Crippen LogP contribution >= 0.6 is 22.7 Å². The second-order valence-electron chi connectivity index (χ2n) is 6.60. The van der Waals surface area contributed by atoms with Gasteiger partial charge in [-0.1, -0.05) is 20.8 Å². The van der Waals surface area contributed by atoms with Gasteiger partial charge in [-0.2, -0.15) is 0 Å². The van der Waals surface area contributed by atoms with Crippen molar-refractivity contribution in [1.29, 1.82) is 0 Å². The monoisotopic (exact) mass is 366 g/mol. The quantitative estimate of drug-likeness (QED) is 0.847. The molecular formula is C16H22N4O2S2. The summed E-state index contributed by atoms with van der Waals surface area (Å²) in [6.45, 7) is 9.24. The zero-order valence-electron chi connectivity index (χ0n) is 14.4. The summed E-state index contributed by atoms with van der Waals surface area (Å²) in [7, 11) is 0. The van der Waals surface area contributed by atoms with Crippen molar-refractivity contribution in [3.8, 4) is 0 Å². The molecule has 2 aromatic rings. The van der Waals surface area contributed by atoms with Crippen LogP contribution in [-0.4, -0.2) is 21.8 Å². The highest BCUT2D eigenvalue weighted by atomic mass is 32.1. The van der Waals surface area contributed by atoms with Crippen LogP contribution in [0.1, 0.15) is 57.3 Å². The van der Waals surface area contributed by atoms with E-state index in [9.17, 15) is 9.59 Å². The van der Waals surface area contributed by atoms with Gasteiger partial charge in [0.25, 0.3) is 0 Å². The van der Waals surface area contributed by atoms with Crippen LogP contribution in [0.25, 0.3) is 0 Å². The van der Waals surface area contributed by atoms with E-state index in [-0.39, 0.29) is 23.8 Å². The van der Waals surface area contributed by atoms with E-state index < -0.39 is 5.41 Å². The van der Waals surface area contributed by atoms with Gasteiger partial charge in [0.05, 0.1) is 17.7 Å². The van der Waals surface area contributed by atoms with Crippen LogP contribution in [0.15, 0.2) is 17.0 Å². The number of anilines is 1. The average molecular weight is 367 g/mol. The first-order valence-corrected chi connectivity index (χ1v) is 9.41. The van der Waals surface area contributed by atoms with Crippen molar-refractivity contribution in [1.82, 2.24) is 15.3 Å². The number of carbonyl (C=O) groups is 2. The van der Waals surface area contributed by atoms with Gasteiger partial charge in [-0.15, -0.1) is 22.7 Å². The summed E-state index contributed by atoms with van der Waals surface area (Å²) in [6.07, 6.45) is 1.69. The van der Waals surface area contributed by atoms with E-state index in [2.05, 4.69) is 20.6 Å². The van der Waals surface area contributed by atoms with Crippen LogP contribution in [0, 0.1) is 5.41 Å². The van der Waals surface area contributed by atoms with E-state index in [0.29, 0.717) is 5.13 Å². The van der Waals surface area contributed by atoms with Crippen LogP contribution in [0.2, 0.25) is 0 Å². The summed E-state index contributed by atoms with van der Waals surface area (Å²) in [5.74, 6) is -0.477. The summed E-state index contributed by atoms with van der Waals surface area (Å²) < 4.78 is 0. The van der Waals surface area contributed by atoms with Gasteiger partial charge in [0.1, 0.15) is 5.01 Å². The van der Waals surface area contributed by atoms with Crippen molar-refractivity contribution < 1.29 is 9.59 Å². The highest BCUT2D eigenvalue weighted by Crippen LogP contribution is 2.24. The third kappa shape index (κ3) is 4.61. The Bertz CT molecular complexity index is 704. The minimum Gasteiger partial charge on any atom is -0.347 e. The fourth-order valence-electron chi connectivity index (χ4n) is 1.80. The van der Waals surface area contributed by atoms with E-state index >= 15 is 0 Å². The van der Waals surface area contributed by atoms with E-state index in [1.807, 2.05) is 45.4 Å². The topological polar surface area (TPSA) is 84.0 Å². The van der Waals surface area contributed by atoms with E-state index in [1.165, 1.54) is 22.7 Å². The third-order valence-corrected chi connectivity index (χ3v) is 5.18. The van der Waals surface area contributed by atoms with Crippen molar-refractivity contribution in [2.75, 3.05) is 5.32 Å². The lowest BCUT2D eigenvalue weighted by Crippen LogP contribution is -2.30. The van der Waals surface area contributed by atoms with Gasteiger partial charge >= 0.3 is 0 Å². The smallest absolute Gasteiger partial charge is 0.231 e. The van der Waals surface area contributed by atoms with Gasteiger partial charge in [0.2, 0.25) is 11.8 Å². The van der Waals surface area contributed by atoms with Gasteiger partial charge < -0.3 is 10.6 Å². The van der Waals surface area contributed by atoms with Crippen molar-refractivity contribution >= 4 is 39.6 Å². The second kappa shape index (κ2) is 7.40. The molecule has 0 aliphatic rings. The maximum absolute atomic E-state index is 12.3. The summed E-state index contributed by atoms with van der Waals surface area (Å²) in [5.41, 5.74) is 0.248. The standard InChI is InChI=1S/C16H22N4O2S2/c1-9(13-17-6-7-23-13)12(21)18-10(2)11-8-24-15(19-11)20-14(22)16(3,4)5/h6-10H,1-5H3,(H,18,21)(H,19,20,22). The fourth-order valence-corrected chi connectivity index (χ4v) is 3.29. The molecule has 0 spiro atoms. The molecule has 6 nitrogen and oxygen atoms in total. The molecule has 0 aliphatic heterocycles. The Morgan fingerprint density at radius 3 is 2.50 bits per heavy atom. The maximum Gasteiger partial charge on any atom is 0.231 e. The Balaban J connectivity index is 1.97. The molecule has 2 amide bonds. The largest absolute Gasteiger partial charge is 0.347 e. The van der Waals surface area contributed by atoms with Crippen molar-refractivity contribution in [3.05, 3.63) is 27.7 Å². The molecule has 2 N–H and O–H groups in total. The molecule has 2 unspecified atom stereocenters. The van der Waals surface area contributed by atoms with Crippen molar-refractivity contribution in [2.24, 2.45) is 5.41 Å². The Morgan fingerprint density at radius 2 is 1.92 bits per heavy atom. The lowest BCUT2D eigenvalue weighted by molar-refractivity contribution is -0.123. The molecular weight excluding hydrogens is 344 g/mol. The van der Waals surface area contributed by atoms with E-state index in [4.69, 9.17) is 0 Å². The van der Waals surface area contributed by atoms with Gasteiger partial charge in [0, 0.05) is 22.4 Å². The summed E-state index contributed by atoms with van der Waals surface area (Å²) in [5, 5.41) is 10.8. The Kier molecular flexibility index (Phi) is 5.71. The molecule has 2 atom stereocenters. The number of carbonyl (C=O) groups excluding carboxylic acids is 2. The minimum atomic E-state index is -0.477. The number of hydrogen-bond acceptors (Lipinski definition) is 6. The molecule has 0 aromatic carbocycles. The molecule has 2 heterocycles. The Labute approximate surface area is 149 Å². The number of aromatic nitrogens is 2. The van der Waals surface area contributed by atoms with Crippen LogP contribution in [-0.2, 0) is 9.59 Å². The van der Waals surface area contributed by atoms with E-state index in [1.54, 1.807) is 6.20 Å². The van der Waals surface area contributed by atoms with Crippen LogP contribution in [0.4, 0.5) is 5.13 Å². The Morgan fingerprint density at radius 1 is 1.21 bits per heavy atom. The zero-order valence-corrected chi connectivity index (χ0v) is 16.0. The lowest BCUT2D eigenvalue weighted by Gasteiger charge is -2.16. The summed E-state index contributed by atoms with van der Waals surface area (Å²) >= 11 is 2.81. The van der Waals surface area contributed by atoms with Crippen molar-refractivity contribution in [3.63, 3.8) is 0 Å². The molecule has 130 valence electrons.